The van der Waals surface area contributed by atoms with Crippen molar-refractivity contribution in [3.8, 4) is 11.1 Å². The van der Waals surface area contributed by atoms with Crippen molar-refractivity contribution in [3.05, 3.63) is 102 Å². The smallest absolute Gasteiger partial charge is 0.246 e. The average molecular weight is 539 g/mol. The molecule has 1 aliphatic heterocycles. The molecule has 0 unspecified atom stereocenters. The van der Waals surface area contributed by atoms with Crippen molar-refractivity contribution >= 4 is 12.0 Å². The number of piperazine rings is 1. The summed E-state index contributed by atoms with van der Waals surface area (Å²) in [5.74, 6) is 0.716. The molecule has 212 valence electrons. The Hall–Kier alpha value is -3.25. The number of nitrogens with zero attached hydrogens (tertiary/aromatic N) is 3. The zero-order valence-electron chi connectivity index (χ0n) is 24.6. The second-order valence-electron chi connectivity index (χ2n) is 11.4. The fraction of sp³-hybridized carbons (Fsp3) is 0.400. The lowest BCUT2D eigenvalue weighted by Crippen LogP contribution is -2.45. The summed E-state index contributed by atoms with van der Waals surface area (Å²) in [6.45, 7) is 13.2. The highest BCUT2D eigenvalue weighted by molar-refractivity contribution is 5.91. The van der Waals surface area contributed by atoms with E-state index in [2.05, 4.69) is 84.5 Å². The van der Waals surface area contributed by atoms with Crippen molar-refractivity contribution in [1.29, 1.82) is 0 Å². The molecule has 4 rings (SSSR count). The predicted molar refractivity (Wildman–Crippen MR) is 168 cm³/mol. The molecule has 5 nitrogen and oxygen atoms in total. The van der Waals surface area contributed by atoms with Gasteiger partial charge < -0.3 is 20.0 Å². The van der Waals surface area contributed by atoms with Crippen molar-refractivity contribution in [2.45, 2.75) is 33.4 Å². The number of rotatable bonds is 13. The molecule has 0 aromatic heterocycles. The van der Waals surface area contributed by atoms with Crippen LogP contribution in [0.4, 0.5) is 0 Å². The van der Waals surface area contributed by atoms with Gasteiger partial charge in [-0.3, -0.25) is 4.79 Å². The summed E-state index contributed by atoms with van der Waals surface area (Å²) in [6.07, 6.45) is 4.61. The third-order valence-electron chi connectivity index (χ3n) is 7.52. The Bertz CT molecular complexity index is 1180. The fourth-order valence-electron chi connectivity index (χ4n) is 5.00. The van der Waals surface area contributed by atoms with Gasteiger partial charge in [0.05, 0.1) is 0 Å². The molecule has 1 aliphatic rings. The van der Waals surface area contributed by atoms with Gasteiger partial charge in [0.1, 0.15) is 0 Å². The Labute approximate surface area is 241 Å². The highest BCUT2D eigenvalue weighted by Gasteiger charge is 2.16. The first-order valence-electron chi connectivity index (χ1n) is 14.8. The molecule has 0 bridgehead atoms. The van der Waals surface area contributed by atoms with E-state index in [1.165, 1.54) is 16.7 Å². The van der Waals surface area contributed by atoms with Crippen LogP contribution in [0, 0.1) is 5.92 Å². The number of amides is 1. The summed E-state index contributed by atoms with van der Waals surface area (Å²) in [6, 6.07) is 27.5. The second kappa shape index (κ2) is 15.5. The number of nitrogens with one attached hydrogen (secondary N) is 1. The molecule has 1 amide bonds. The van der Waals surface area contributed by atoms with Gasteiger partial charge in [-0.1, -0.05) is 92.7 Å². The van der Waals surface area contributed by atoms with Crippen LogP contribution >= 0.6 is 0 Å². The minimum atomic E-state index is 0.0629. The Morgan fingerprint density at radius 3 is 2.12 bits per heavy atom. The fourth-order valence-corrected chi connectivity index (χ4v) is 5.00. The van der Waals surface area contributed by atoms with E-state index >= 15 is 0 Å². The van der Waals surface area contributed by atoms with Crippen LogP contribution in [-0.4, -0.2) is 73.5 Å². The highest BCUT2D eigenvalue weighted by atomic mass is 16.2. The SMILES string of the molecule is CC(C)CNCc1ccc(-c2ccc(CN(CCCN3CCN(C)CC3)C(=O)/C=C/c3ccccc3)cc2)cc1. The lowest BCUT2D eigenvalue weighted by Gasteiger charge is -2.33. The zero-order valence-corrected chi connectivity index (χ0v) is 24.6. The van der Waals surface area contributed by atoms with Gasteiger partial charge >= 0.3 is 0 Å². The second-order valence-corrected chi connectivity index (χ2v) is 11.4. The van der Waals surface area contributed by atoms with Gasteiger partial charge in [0.15, 0.2) is 0 Å². The predicted octanol–water partition coefficient (Wildman–Crippen LogP) is 5.78. The molecule has 40 heavy (non-hydrogen) atoms. The molecule has 1 fully saturated rings. The first kappa shape index (κ1) is 29.7. The van der Waals surface area contributed by atoms with E-state index in [0.717, 1.165) is 69.9 Å². The van der Waals surface area contributed by atoms with Crippen LogP contribution in [0.25, 0.3) is 17.2 Å². The summed E-state index contributed by atoms with van der Waals surface area (Å²) < 4.78 is 0. The minimum absolute atomic E-state index is 0.0629. The molecule has 1 N–H and O–H groups in total. The number of carbonyl (C=O) groups is 1. The van der Waals surface area contributed by atoms with Gasteiger partial charge in [-0.25, -0.2) is 0 Å². The number of benzene rings is 3. The normalized spacial score (nSPS) is 14.7. The maximum absolute atomic E-state index is 13.3. The standard InChI is InChI=1S/C35H46N4O/c1-29(2)26-36-27-31-10-15-33(16-11-31)34-17-12-32(13-18-34)28-39(21-7-20-38-24-22-37(3)23-25-38)35(40)19-14-30-8-5-4-6-9-30/h4-6,8-19,29,36H,7,20-28H2,1-3H3/b19-14+. The van der Waals surface area contributed by atoms with Gasteiger partial charge in [-0.15, -0.1) is 0 Å². The Morgan fingerprint density at radius 2 is 1.50 bits per heavy atom. The maximum Gasteiger partial charge on any atom is 0.246 e. The number of hydrogen-bond donors (Lipinski definition) is 1. The molecule has 5 heteroatoms. The third-order valence-corrected chi connectivity index (χ3v) is 7.52. The molecule has 0 spiro atoms. The zero-order chi connectivity index (χ0) is 28.2. The third kappa shape index (κ3) is 9.74. The van der Waals surface area contributed by atoms with Crippen LogP contribution in [0.2, 0.25) is 0 Å². The van der Waals surface area contributed by atoms with E-state index in [4.69, 9.17) is 0 Å². The van der Waals surface area contributed by atoms with Crippen molar-refractivity contribution in [1.82, 2.24) is 20.0 Å². The summed E-state index contributed by atoms with van der Waals surface area (Å²) in [5.41, 5.74) is 5.90. The van der Waals surface area contributed by atoms with E-state index in [-0.39, 0.29) is 5.91 Å². The Kier molecular flexibility index (Phi) is 11.5. The largest absolute Gasteiger partial charge is 0.335 e. The first-order chi connectivity index (χ1) is 19.5. The lowest BCUT2D eigenvalue weighted by atomic mass is 10.0. The average Bonchev–Trinajstić information content (AvgIpc) is 2.97. The summed E-state index contributed by atoms with van der Waals surface area (Å²) >= 11 is 0. The molecular formula is C35H46N4O. The summed E-state index contributed by atoms with van der Waals surface area (Å²) in [7, 11) is 2.18. The number of hydrogen-bond acceptors (Lipinski definition) is 4. The van der Waals surface area contributed by atoms with Crippen LogP contribution in [0.3, 0.4) is 0 Å². The monoisotopic (exact) mass is 538 g/mol. The lowest BCUT2D eigenvalue weighted by molar-refractivity contribution is -0.126. The van der Waals surface area contributed by atoms with Gasteiger partial charge in [-0.05, 0) is 66.4 Å². The minimum Gasteiger partial charge on any atom is -0.335 e. The maximum atomic E-state index is 13.3. The van der Waals surface area contributed by atoms with E-state index in [1.54, 1.807) is 6.08 Å². The molecule has 0 aliphatic carbocycles. The van der Waals surface area contributed by atoms with Crippen LogP contribution in [0.1, 0.15) is 37.0 Å². The number of likely N-dealkylation sites (N-methyl/N-ethyl adjacent to an activating group) is 1. The highest BCUT2D eigenvalue weighted by Crippen LogP contribution is 2.21. The van der Waals surface area contributed by atoms with Crippen LogP contribution in [0.5, 0.6) is 0 Å². The molecule has 0 radical (unpaired) electrons. The molecular weight excluding hydrogens is 492 g/mol. The van der Waals surface area contributed by atoms with E-state index in [0.29, 0.717) is 12.5 Å². The van der Waals surface area contributed by atoms with Crippen molar-refractivity contribution in [2.24, 2.45) is 5.92 Å². The van der Waals surface area contributed by atoms with E-state index in [9.17, 15) is 4.79 Å². The van der Waals surface area contributed by atoms with E-state index in [1.807, 2.05) is 41.3 Å². The van der Waals surface area contributed by atoms with Crippen molar-refractivity contribution in [3.63, 3.8) is 0 Å². The van der Waals surface area contributed by atoms with Gasteiger partial charge in [0.2, 0.25) is 5.91 Å². The van der Waals surface area contributed by atoms with Gasteiger partial charge in [-0.2, -0.15) is 0 Å². The van der Waals surface area contributed by atoms with Crippen LogP contribution in [0.15, 0.2) is 84.9 Å². The topological polar surface area (TPSA) is 38.8 Å². The summed E-state index contributed by atoms with van der Waals surface area (Å²) in [5, 5.41) is 3.51. The van der Waals surface area contributed by atoms with Gasteiger partial charge in [0.25, 0.3) is 0 Å². The molecule has 0 atom stereocenters. The molecule has 3 aromatic rings. The molecule has 3 aromatic carbocycles. The van der Waals surface area contributed by atoms with Crippen LogP contribution < -0.4 is 5.32 Å². The van der Waals surface area contributed by atoms with Crippen molar-refractivity contribution in [2.75, 3.05) is 52.9 Å². The van der Waals surface area contributed by atoms with Crippen molar-refractivity contribution < 1.29 is 4.79 Å². The molecule has 0 saturated carbocycles. The summed E-state index contributed by atoms with van der Waals surface area (Å²) in [4.78, 5) is 20.2. The Morgan fingerprint density at radius 1 is 0.875 bits per heavy atom. The van der Waals surface area contributed by atoms with E-state index < -0.39 is 0 Å². The van der Waals surface area contributed by atoms with Gasteiger partial charge in [0, 0.05) is 51.9 Å². The van der Waals surface area contributed by atoms with Crippen LogP contribution in [-0.2, 0) is 17.9 Å². The molecule has 1 saturated heterocycles. The number of carbonyl (C=O) groups excluding carboxylic acids is 1. The quantitative estimate of drug-likeness (QED) is 0.280. The Balaban J connectivity index is 1.37. The molecule has 1 heterocycles. The first-order valence-corrected chi connectivity index (χ1v) is 14.8.